The maximum Gasteiger partial charge on any atom is 0.252 e. The van der Waals surface area contributed by atoms with E-state index in [1.165, 1.54) is 43.4 Å². The first-order chi connectivity index (χ1) is 10.1. The molecule has 120 valence electrons. The quantitative estimate of drug-likeness (QED) is 0.688. The van der Waals surface area contributed by atoms with Crippen molar-refractivity contribution in [3.05, 3.63) is 17.5 Å². The Hall–Kier alpha value is -0.430. The number of rotatable bonds is 8. The zero-order valence-corrected chi connectivity index (χ0v) is 14.5. The first kappa shape index (κ1) is 16.9. The number of sulfonamides is 1. The van der Waals surface area contributed by atoms with Gasteiger partial charge in [0.15, 0.2) is 0 Å². The summed E-state index contributed by atoms with van der Waals surface area (Å²) in [6, 6.07) is 3.49. The van der Waals surface area contributed by atoms with E-state index in [4.69, 9.17) is 0 Å². The number of unbranched alkanes of at least 4 members (excludes halogenated alkanes) is 4. The van der Waals surface area contributed by atoms with Gasteiger partial charge in [0.2, 0.25) is 0 Å². The van der Waals surface area contributed by atoms with Gasteiger partial charge in [-0.1, -0.05) is 38.7 Å². The van der Waals surface area contributed by atoms with E-state index < -0.39 is 10.0 Å². The predicted molar refractivity (Wildman–Crippen MR) is 88.3 cm³/mol. The van der Waals surface area contributed by atoms with Crippen LogP contribution in [0.25, 0.3) is 0 Å². The van der Waals surface area contributed by atoms with Gasteiger partial charge in [0, 0.05) is 26.2 Å². The second kappa shape index (κ2) is 8.27. The second-order valence-corrected chi connectivity index (χ2v) is 8.70. The lowest BCUT2D eigenvalue weighted by atomic mass is 10.1. The maximum absolute atomic E-state index is 12.4. The summed E-state index contributed by atoms with van der Waals surface area (Å²) in [5, 5.41) is 1.82. The lowest BCUT2D eigenvalue weighted by Gasteiger charge is -2.33. The summed E-state index contributed by atoms with van der Waals surface area (Å²) in [6.07, 6.45) is 6.45. The highest BCUT2D eigenvalue weighted by atomic mass is 32.2. The lowest BCUT2D eigenvalue weighted by Crippen LogP contribution is -2.48. The fourth-order valence-electron chi connectivity index (χ4n) is 2.67. The Morgan fingerprint density at radius 2 is 1.81 bits per heavy atom. The Morgan fingerprint density at radius 1 is 1.10 bits per heavy atom. The Balaban J connectivity index is 1.73. The van der Waals surface area contributed by atoms with E-state index in [1.54, 1.807) is 16.4 Å². The molecule has 0 amide bonds. The van der Waals surface area contributed by atoms with Crippen LogP contribution in [-0.2, 0) is 10.0 Å². The Bertz CT molecular complexity index is 492. The van der Waals surface area contributed by atoms with E-state index in [9.17, 15) is 8.42 Å². The normalized spacial score (nSPS) is 18.1. The minimum absolute atomic E-state index is 0.468. The molecule has 6 heteroatoms. The largest absolute Gasteiger partial charge is 0.301 e. The zero-order chi connectivity index (χ0) is 15.1. The van der Waals surface area contributed by atoms with Gasteiger partial charge in [-0.15, -0.1) is 11.3 Å². The Kier molecular flexibility index (Phi) is 6.67. The van der Waals surface area contributed by atoms with Gasteiger partial charge in [0.1, 0.15) is 4.21 Å². The summed E-state index contributed by atoms with van der Waals surface area (Å²) < 4.78 is 26.9. The highest BCUT2D eigenvalue weighted by Gasteiger charge is 2.28. The minimum Gasteiger partial charge on any atom is -0.301 e. The van der Waals surface area contributed by atoms with Crippen LogP contribution in [0.5, 0.6) is 0 Å². The Morgan fingerprint density at radius 3 is 2.43 bits per heavy atom. The van der Waals surface area contributed by atoms with E-state index in [0.717, 1.165) is 19.6 Å². The molecule has 4 nitrogen and oxygen atoms in total. The molecule has 1 aromatic rings. The second-order valence-electron chi connectivity index (χ2n) is 5.59. The fraction of sp³-hybridized carbons (Fsp3) is 0.733. The molecule has 0 atom stereocenters. The summed E-state index contributed by atoms with van der Waals surface area (Å²) in [5.41, 5.74) is 0. The average Bonchev–Trinajstić information content (AvgIpc) is 3.02. The third-order valence-electron chi connectivity index (χ3n) is 4.00. The van der Waals surface area contributed by atoms with Crippen molar-refractivity contribution in [3.8, 4) is 0 Å². The third-order valence-corrected chi connectivity index (χ3v) is 7.27. The molecule has 0 spiro atoms. The van der Waals surface area contributed by atoms with E-state index in [-0.39, 0.29) is 0 Å². The van der Waals surface area contributed by atoms with Crippen LogP contribution in [0.15, 0.2) is 21.7 Å². The summed E-state index contributed by atoms with van der Waals surface area (Å²) in [7, 11) is -3.25. The highest BCUT2D eigenvalue weighted by molar-refractivity contribution is 7.91. The van der Waals surface area contributed by atoms with Gasteiger partial charge in [0.25, 0.3) is 10.0 Å². The van der Waals surface area contributed by atoms with Gasteiger partial charge < -0.3 is 4.90 Å². The molecule has 1 fully saturated rings. The van der Waals surface area contributed by atoms with Crippen molar-refractivity contribution >= 4 is 21.4 Å². The fourth-order valence-corrected chi connectivity index (χ4v) is 5.24. The number of nitrogens with zero attached hydrogens (tertiary/aromatic N) is 2. The van der Waals surface area contributed by atoms with Crippen molar-refractivity contribution < 1.29 is 8.42 Å². The number of hydrogen-bond acceptors (Lipinski definition) is 4. The van der Waals surface area contributed by atoms with Crippen molar-refractivity contribution in [2.24, 2.45) is 0 Å². The van der Waals surface area contributed by atoms with Gasteiger partial charge in [-0.2, -0.15) is 4.31 Å². The van der Waals surface area contributed by atoms with Gasteiger partial charge in [-0.05, 0) is 24.4 Å². The first-order valence-electron chi connectivity index (χ1n) is 7.90. The van der Waals surface area contributed by atoms with Crippen molar-refractivity contribution in [3.63, 3.8) is 0 Å². The molecule has 0 radical (unpaired) electrons. The van der Waals surface area contributed by atoms with Crippen LogP contribution in [0.1, 0.15) is 39.0 Å². The molecule has 1 saturated heterocycles. The SMILES string of the molecule is CCCCCCCN1CCN(S(=O)(=O)c2cccs2)CC1. The molecule has 21 heavy (non-hydrogen) atoms. The van der Waals surface area contributed by atoms with E-state index in [1.807, 2.05) is 5.38 Å². The van der Waals surface area contributed by atoms with Gasteiger partial charge >= 0.3 is 0 Å². The molecule has 0 N–H and O–H groups in total. The number of piperazine rings is 1. The van der Waals surface area contributed by atoms with Crippen LogP contribution in [0.4, 0.5) is 0 Å². The van der Waals surface area contributed by atoms with Crippen molar-refractivity contribution in [2.45, 2.75) is 43.2 Å². The van der Waals surface area contributed by atoms with E-state index in [0.29, 0.717) is 17.3 Å². The molecular weight excluding hydrogens is 304 g/mol. The van der Waals surface area contributed by atoms with Crippen molar-refractivity contribution in [2.75, 3.05) is 32.7 Å². The molecular formula is C15H26N2O2S2. The molecule has 0 saturated carbocycles. The van der Waals surface area contributed by atoms with Crippen LogP contribution < -0.4 is 0 Å². The van der Waals surface area contributed by atoms with Crippen molar-refractivity contribution in [1.29, 1.82) is 0 Å². The summed E-state index contributed by atoms with van der Waals surface area (Å²) in [6.45, 7) is 6.30. The zero-order valence-electron chi connectivity index (χ0n) is 12.8. The first-order valence-corrected chi connectivity index (χ1v) is 10.2. The van der Waals surface area contributed by atoms with Crippen LogP contribution in [0.3, 0.4) is 0 Å². The maximum atomic E-state index is 12.4. The molecule has 2 rings (SSSR count). The van der Waals surface area contributed by atoms with E-state index >= 15 is 0 Å². The van der Waals surface area contributed by atoms with Crippen LogP contribution in [-0.4, -0.2) is 50.3 Å². The highest BCUT2D eigenvalue weighted by Crippen LogP contribution is 2.22. The topological polar surface area (TPSA) is 40.6 Å². The molecule has 1 aliphatic rings. The van der Waals surface area contributed by atoms with Crippen molar-refractivity contribution in [1.82, 2.24) is 9.21 Å². The smallest absolute Gasteiger partial charge is 0.252 e. The summed E-state index contributed by atoms with van der Waals surface area (Å²) >= 11 is 1.30. The molecule has 0 bridgehead atoms. The predicted octanol–water partition coefficient (Wildman–Crippen LogP) is 3.02. The third kappa shape index (κ3) is 4.77. The summed E-state index contributed by atoms with van der Waals surface area (Å²) in [5.74, 6) is 0. The molecule has 0 unspecified atom stereocenters. The standard InChI is InChI=1S/C15H26N2O2S2/c1-2-3-4-5-6-9-16-10-12-17(13-11-16)21(18,19)15-8-7-14-20-15/h7-8,14H,2-6,9-13H2,1H3. The van der Waals surface area contributed by atoms with Gasteiger partial charge in [-0.3, -0.25) is 0 Å². The number of hydrogen-bond donors (Lipinski definition) is 0. The summed E-state index contributed by atoms with van der Waals surface area (Å²) in [4.78, 5) is 2.40. The lowest BCUT2D eigenvalue weighted by molar-refractivity contribution is 0.185. The van der Waals surface area contributed by atoms with Crippen LogP contribution >= 0.6 is 11.3 Å². The average molecular weight is 331 g/mol. The van der Waals surface area contributed by atoms with Crippen LogP contribution in [0, 0.1) is 0 Å². The van der Waals surface area contributed by atoms with Crippen LogP contribution in [0.2, 0.25) is 0 Å². The molecule has 0 aliphatic carbocycles. The molecule has 2 heterocycles. The molecule has 1 aliphatic heterocycles. The minimum atomic E-state index is -3.25. The van der Waals surface area contributed by atoms with Gasteiger partial charge in [-0.25, -0.2) is 8.42 Å². The van der Waals surface area contributed by atoms with E-state index in [2.05, 4.69) is 11.8 Å². The molecule has 0 aromatic carbocycles. The molecule has 1 aromatic heterocycles. The Labute approximate surface area is 132 Å². The number of thiophene rings is 1. The monoisotopic (exact) mass is 330 g/mol. The van der Waals surface area contributed by atoms with Gasteiger partial charge in [0.05, 0.1) is 0 Å².